The summed E-state index contributed by atoms with van der Waals surface area (Å²) in [5.41, 5.74) is 2.18. The van der Waals surface area contributed by atoms with Crippen molar-refractivity contribution < 1.29 is 9.90 Å². The maximum Gasteiger partial charge on any atom is 0.308 e. The van der Waals surface area contributed by atoms with Gasteiger partial charge in [0.05, 0.1) is 12.1 Å². The highest BCUT2D eigenvalue weighted by atomic mass is 32.1. The summed E-state index contributed by atoms with van der Waals surface area (Å²) in [6, 6.07) is 9.23. The van der Waals surface area contributed by atoms with E-state index in [1.54, 1.807) is 18.6 Å². The first-order chi connectivity index (χ1) is 10.2. The zero-order chi connectivity index (χ0) is 14.7. The van der Waals surface area contributed by atoms with Gasteiger partial charge in [-0.2, -0.15) is 0 Å². The molecule has 0 fully saturated rings. The van der Waals surface area contributed by atoms with Gasteiger partial charge in [-0.15, -0.1) is 11.3 Å². The van der Waals surface area contributed by atoms with E-state index in [1.165, 1.54) is 11.3 Å². The van der Waals surface area contributed by atoms with E-state index >= 15 is 0 Å². The molecule has 104 valence electrons. The molecule has 0 aliphatic heterocycles. The fourth-order valence-corrected chi connectivity index (χ4v) is 2.98. The molecule has 1 N–H and O–H groups in total. The Balaban J connectivity index is 2.10. The third-order valence-electron chi connectivity index (χ3n) is 2.83. The van der Waals surface area contributed by atoms with E-state index in [-0.39, 0.29) is 6.42 Å². The highest BCUT2D eigenvalue weighted by Gasteiger charge is 2.17. The van der Waals surface area contributed by atoms with Crippen molar-refractivity contribution >= 4 is 17.3 Å². The third-order valence-corrected chi connectivity index (χ3v) is 3.93. The molecular formula is C15H11N3O2S. The van der Waals surface area contributed by atoms with Gasteiger partial charge in [0.15, 0.2) is 0 Å². The predicted octanol–water partition coefficient (Wildman–Crippen LogP) is 2.89. The minimum absolute atomic E-state index is 0.0656. The predicted molar refractivity (Wildman–Crippen MR) is 79.9 cm³/mol. The number of nitrogens with zero attached hydrogens (tertiary/aromatic N) is 3. The summed E-state index contributed by atoms with van der Waals surface area (Å²) in [5.74, 6) is -0.881. The van der Waals surface area contributed by atoms with Crippen molar-refractivity contribution in [1.82, 2.24) is 15.0 Å². The molecule has 0 amide bonds. The average Bonchev–Trinajstić information content (AvgIpc) is 2.92. The molecule has 0 bridgehead atoms. The van der Waals surface area contributed by atoms with Gasteiger partial charge in [0.1, 0.15) is 10.7 Å². The van der Waals surface area contributed by atoms with Gasteiger partial charge >= 0.3 is 5.97 Å². The van der Waals surface area contributed by atoms with Crippen molar-refractivity contribution in [2.24, 2.45) is 0 Å². The van der Waals surface area contributed by atoms with E-state index in [4.69, 9.17) is 5.11 Å². The molecule has 0 saturated heterocycles. The second-order valence-corrected chi connectivity index (χ2v) is 5.40. The monoisotopic (exact) mass is 297 g/mol. The van der Waals surface area contributed by atoms with Crippen LogP contribution >= 0.6 is 11.3 Å². The maximum absolute atomic E-state index is 11.0. The van der Waals surface area contributed by atoms with Gasteiger partial charge in [0, 0.05) is 29.0 Å². The van der Waals surface area contributed by atoms with Gasteiger partial charge in [-0.25, -0.2) is 4.98 Å². The van der Waals surface area contributed by atoms with Crippen LogP contribution in [0.15, 0.2) is 48.9 Å². The standard InChI is InChI=1S/C15H11N3O2S/c19-13(20)8-12-14(11-5-1-2-7-17-11)18-15(21-12)10-4-3-6-16-9-10/h1-7,9H,8H2,(H,19,20). The van der Waals surface area contributed by atoms with Crippen LogP contribution in [0.1, 0.15) is 4.88 Å². The first kappa shape index (κ1) is 13.4. The van der Waals surface area contributed by atoms with Crippen molar-refractivity contribution in [3.05, 3.63) is 53.8 Å². The molecule has 3 heterocycles. The summed E-state index contributed by atoms with van der Waals surface area (Å²) < 4.78 is 0. The van der Waals surface area contributed by atoms with E-state index in [0.717, 1.165) is 10.6 Å². The fraction of sp³-hybridized carbons (Fsp3) is 0.0667. The molecule has 0 aliphatic rings. The lowest BCUT2D eigenvalue weighted by atomic mass is 10.2. The summed E-state index contributed by atoms with van der Waals surface area (Å²) in [6.45, 7) is 0. The summed E-state index contributed by atoms with van der Waals surface area (Å²) in [6.07, 6.45) is 5.01. The van der Waals surface area contributed by atoms with Crippen molar-refractivity contribution in [3.8, 4) is 22.0 Å². The Kier molecular flexibility index (Phi) is 3.70. The van der Waals surface area contributed by atoms with Crippen LogP contribution in [0.3, 0.4) is 0 Å². The van der Waals surface area contributed by atoms with E-state index in [2.05, 4.69) is 15.0 Å². The lowest BCUT2D eigenvalue weighted by molar-refractivity contribution is -0.136. The number of hydrogen-bond acceptors (Lipinski definition) is 5. The molecule has 5 nitrogen and oxygen atoms in total. The SMILES string of the molecule is O=C(O)Cc1sc(-c2cccnc2)nc1-c1ccccn1. The zero-order valence-electron chi connectivity index (χ0n) is 10.9. The van der Waals surface area contributed by atoms with Crippen molar-refractivity contribution in [1.29, 1.82) is 0 Å². The highest BCUT2D eigenvalue weighted by Crippen LogP contribution is 2.33. The molecule has 0 aromatic carbocycles. The minimum Gasteiger partial charge on any atom is -0.481 e. The molecule has 21 heavy (non-hydrogen) atoms. The first-order valence-electron chi connectivity index (χ1n) is 6.27. The van der Waals surface area contributed by atoms with Gasteiger partial charge in [-0.1, -0.05) is 6.07 Å². The van der Waals surface area contributed by atoms with Gasteiger partial charge in [-0.05, 0) is 24.3 Å². The van der Waals surface area contributed by atoms with Gasteiger partial charge in [-0.3, -0.25) is 14.8 Å². The second kappa shape index (κ2) is 5.80. The normalized spacial score (nSPS) is 10.5. The van der Waals surface area contributed by atoms with Crippen LogP contribution in [0.5, 0.6) is 0 Å². The molecule has 3 rings (SSSR count). The number of aliphatic carboxylic acids is 1. The lowest BCUT2D eigenvalue weighted by Gasteiger charge is -1.98. The first-order valence-corrected chi connectivity index (χ1v) is 7.09. The molecule has 0 radical (unpaired) electrons. The largest absolute Gasteiger partial charge is 0.481 e. The molecule has 0 unspecified atom stereocenters. The summed E-state index contributed by atoms with van der Waals surface area (Å²) in [7, 11) is 0. The molecule has 0 aliphatic carbocycles. The van der Waals surface area contributed by atoms with Crippen LogP contribution in [0.4, 0.5) is 0 Å². The van der Waals surface area contributed by atoms with E-state index < -0.39 is 5.97 Å². The number of carboxylic acid groups (broad SMARTS) is 1. The van der Waals surface area contributed by atoms with Crippen molar-refractivity contribution in [2.75, 3.05) is 0 Å². The number of carboxylic acids is 1. The van der Waals surface area contributed by atoms with Gasteiger partial charge in [0.2, 0.25) is 0 Å². The summed E-state index contributed by atoms with van der Waals surface area (Å²) in [4.78, 5) is 24.6. The van der Waals surface area contributed by atoms with E-state index in [1.807, 2.05) is 30.3 Å². The Morgan fingerprint density at radius 1 is 1.19 bits per heavy atom. The van der Waals surface area contributed by atoms with Crippen molar-refractivity contribution in [2.45, 2.75) is 6.42 Å². The number of carbonyl (C=O) groups is 1. The van der Waals surface area contributed by atoms with Gasteiger partial charge in [0.25, 0.3) is 0 Å². The minimum atomic E-state index is -0.881. The van der Waals surface area contributed by atoms with Crippen LogP contribution in [0, 0.1) is 0 Å². The van der Waals surface area contributed by atoms with Crippen LogP contribution in [0.2, 0.25) is 0 Å². The highest BCUT2D eigenvalue weighted by molar-refractivity contribution is 7.15. The zero-order valence-corrected chi connectivity index (χ0v) is 11.7. The van der Waals surface area contributed by atoms with Crippen LogP contribution in [-0.2, 0) is 11.2 Å². The number of thiazole rings is 1. The molecule has 0 saturated carbocycles. The molecule has 0 spiro atoms. The quantitative estimate of drug-likeness (QED) is 0.801. The molecule has 6 heteroatoms. The summed E-state index contributed by atoms with van der Waals surface area (Å²) >= 11 is 1.36. The smallest absolute Gasteiger partial charge is 0.308 e. The topological polar surface area (TPSA) is 76.0 Å². The second-order valence-electron chi connectivity index (χ2n) is 4.32. The molecule has 0 atom stereocenters. The average molecular weight is 297 g/mol. The van der Waals surface area contributed by atoms with Crippen molar-refractivity contribution in [3.63, 3.8) is 0 Å². The van der Waals surface area contributed by atoms with Crippen LogP contribution < -0.4 is 0 Å². The molecule has 3 aromatic rings. The maximum atomic E-state index is 11.0. The number of hydrogen-bond donors (Lipinski definition) is 1. The lowest BCUT2D eigenvalue weighted by Crippen LogP contribution is -1.99. The Morgan fingerprint density at radius 3 is 2.76 bits per heavy atom. The number of aromatic nitrogens is 3. The Labute approximate surface area is 125 Å². The fourth-order valence-electron chi connectivity index (χ4n) is 1.92. The molecular weight excluding hydrogens is 286 g/mol. The number of rotatable bonds is 4. The van der Waals surface area contributed by atoms with Crippen LogP contribution in [0.25, 0.3) is 22.0 Å². The Morgan fingerprint density at radius 2 is 2.10 bits per heavy atom. The van der Waals surface area contributed by atoms with Gasteiger partial charge < -0.3 is 5.11 Å². The van der Waals surface area contributed by atoms with Crippen LogP contribution in [-0.4, -0.2) is 26.0 Å². The Hall–Kier alpha value is -2.60. The molecule has 3 aromatic heterocycles. The Bertz CT molecular complexity index is 757. The van der Waals surface area contributed by atoms with E-state index in [9.17, 15) is 4.79 Å². The summed E-state index contributed by atoms with van der Waals surface area (Å²) in [5, 5.41) is 9.81. The van der Waals surface area contributed by atoms with E-state index in [0.29, 0.717) is 16.3 Å². The number of pyridine rings is 2. The third kappa shape index (κ3) is 2.95.